The number of alkyl halides is 2. The number of halogens is 4. The van der Waals surface area contributed by atoms with Gasteiger partial charge in [0.1, 0.15) is 17.7 Å². The summed E-state index contributed by atoms with van der Waals surface area (Å²) in [4.78, 5) is 0. The molecule has 0 saturated carbocycles. The lowest BCUT2D eigenvalue weighted by Crippen LogP contribution is -2.04. The van der Waals surface area contributed by atoms with Gasteiger partial charge in [-0.3, -0.25) is 0 Å². The first-order valence-corrected chi connectivity index (χ1v) is 5.50. The molecule has 1 atom stereocenters. The minimum absolute atomic E-state index is 0.0855. The average molecular weight is 270 g/mol. The summed E-state index contributed by atoms with van der Waals surface area (Å²) in [6, 6.07) is 7.61. The molecule has 2 aromatic rings. The summed E-state index contributed by atoms with van der Waals surface area (Å²) in [6.45, 7) is 0. The summed E-state index contributed by atoms with van der Waals surface area (Å²) >= 11 is 0. The molecular weight excluding hydrogens is 260 g/mol. The minimum atomic E-state index is -2.69. The largest absolute Gasteiger partial charge is 0.384 e. The zero-order chi connectivity index (χ0) is 14.0. The van der Waals surface area contributed by atoms with Crippen molar-refractivity contribution < 1.29 is 22.7 Å². The molecule has 0 radical (unpaired) electrons. The zero-order valence-corrected chi connectivity index (χ0v) is 9.66. The van der Waals surface area contributed by atoms with Gasteiger partial charge >= 0.3 is 0 Å². The monoisotopic (exact) mass is 270 g/mol. The number of rotatable bonds is 3. The molecule has 0 aliphatic carbocycles. The fourth-order valence-corrected chi connectivity index (χ4v) is 1.77. The van der Waals surface area contributed by atoms with Gasteiger partial charge in [-0.15, -0.1) is 0 Å². The van der Waals surface area contributed by atoms with Gasteiger partial charge in [0, 0.05) is 11.1 Å². The molecule has 0 aliphatic heterocycles. The lowest BCUT2D eigenvalue weighted by Gasteiger charge is -2.13. The van der Waals surface area contributed by atoms with E-state index in [2.05, 4.69) is 0 Å². The van der Waals surface area contributed by atoms with Crippen molar-refractivity contribution >= 4 is 0 Å². The molecule has 2 aromatic carbocycles. The first kappa shape index (κ1) is 13.5. The van der Waals surface area contributed by atoms with Crippen LogP contribution in [0.5, 0.6) is 0 Å². The molecule has 0 bridgehead atoms. The Morgan fingerprint density at radius 3 is 2.26 bits per heavy atom. The van der Waals surface area contributed by atoms with E-state index in [9.17, 15) is 22.7 Å². The number of hydrogen-bond donors (Lipinski definition) is 1. The normalized spacial score (nSPS) is 12.7. The Labute approximate surface area is 107 Å². The third-order valence-corrected chi connectivity index (χ3v) is 2.73. The smallest absolute Gasteiger partial charge is 0.263 e. The van der Waals surface area contributed by atoms with E-state index in [0.717, 1.165) is 24.3 Å². The Balaban J connectivity index is 2.41. The molecule has 0 spiro atoms. The molecule has 0 heterocycles. The maximum absolute atomic E-state index is 13.5. The second-order valence-electron chi connectivity index (χ2n) is 4.04. The van der Waals surface area contributed by atoms with Crippen LogP contribution in [0, 0.1) is 11.6 Å². The Morgan fingerprint density at radius 1 is 0.895 bits per heavy atom. The minimum Gasteiger partial charge on any atom is -0.384 e. The summed E-state index contributed by atoms with van der Waals surface area (Å²) in [7, 11) is 0. The van der Waals surface area contributed by atoms with Crippen molar-refractivity contribution in [2.24, 2.45) is 0 Å². The molecule has 0 amide bonds. The first-order valence-electron chi connectivity index (χ1n) is 5.50. The van der Waals surface area contributed by atoms with Crippen molar-refractivity contribution in [1.29, 1.82) is 0 Å². The van der Waals surface area contributed by atoms with E-state index in [1.165, 1.54) is 18.2 Å². The molecule has 2 rings (SSSR count). The van der Waals surface area contributed by atoms with Crippen LogP contribution in [0.15, 0.2) is 42.5 Å². The van der Waals surface area contributed by atoms with Crippen molar-refractivity contribution in [3.05, 3.63) is 70.8 Å². The highest BCUT2D eigenvalue weighted by Gasteiger charge is 2.17. The second-order valence-corrected chi connectivity index (χ2v) is 4.04. The molecular formula is C14H10F4O. The zero-order valence-electron chi connectivity index (χ0n) is 9.66. The molecule has 1 unspecified atom stereocenters. The molecule has 19 heavy (non-hydrogen) atoms. The van der Waals surface area contributed by atoms with Gasteiger partial charge in [0.25, 0.3) is 6.43 Å². The highest BCUT2D eigenvalue weighted by Crippen LogP contribution is 2.28. The van der Waals surface area contributed by atoms with Gasteiger partial charge in [-0.25, -0.2) is 17.6 Å². The summed E-state index contributed by atoms with van der Waals surface area (Å²) in [6.07, 6.45) is -4.18. The molecule has 0 aromatic heterocycles. The van der Waals surface area contributed by atoms with Gasteiger partial charge < -0.3 is 5.11 Å². The lowest BCUT2D eigenvalue weighted by molar-refractivity contribution is 0.150. The maximum Gasteiger partial charge on any atom is 0.263 e. The number of hydrogen-bond acceptors (Lipinski definition) is 1. The van der Waals surface area contributed by atoms with Gasteiger partial charge in [-0.1, -0.05) is 18.2 Å². The summed E-state index contributed by atoms with van der Waals surface area (Å²) in [5, 5.41) is 9.95. The van der Waals surface area contributed by atoms with Crippen molar-refractivity contribution in [3.63, 3.8) is 0 Å². The first-order chi connectivity index (χ1) is 8.99. The Bertz CT molecular complexity index is 583. The van der Waals surface area contributed by atoms with Crippen molar-refractivity contribution in [2.75, 3.05) is 0 Å². The van der Waals surface area contributed by atoms with Crippen LogP contribution in [0.1, 0.15) is 29.2 Å². The highest BCUT2D eigenvalue weighted by molar-refractivity contribution is 5.34. The molecule has 0 fully saturated rings. The van der Waals surface area contributed by atoms with Crippen LogP contribution >= 0.6 is 0 Å². The maximum atomic E-state index is 13.5. The van der Waals surface area contributed by atoms with Crippen LogP contribution < -0.4 is 0 Å². The van der Waals surface area contributed by atoms with Crippen LogP contribution in [-0.2, 0) is 0 Å². The fourth-order valence-electron chi connectivity index (χ4n) is 1.77. The van der Waals surface area contributed by atoms with Crippen LogP contribution in [0.2, 0.25) is 0 Å². The Morgan fingerprint density at radius 2 is 1.58 bits per heavy atom. The summed E-state index contributed by atoms with van der Waals surface area (Å²) in [5.41, 5.74) is -0.484. The van der Waals surface area contributed by atoms with E-state index in [4.69, 9.17) is 0 Å². The predicted molar refractivity (Wildman–Crippen MR) is 61.8 cm³/mol. The lowest BCUT2D eigenvalue weighted by atomic mass is 9.99. The Hall–Kier alpha value is -1.88. The molecule has 100 valence electrons. The SMILES string of the molecule is OC(c1cccc(C(F)F)c1)c1cc(F)ccc1F. The number of benzene rings is 2. The van der Waals surface area contributed by atoms with Crippen LogP contribution in [0.4, 0.5) is 17.6 Å². The van der Waals surface area contributed by atoms with Gasteiger partial charge in [0.15, 0.2) is 0 Å². The molecule has 0 saturated heterocycles. The fraction of sp³-hybridized carbons (Fsp3) is 0.143. The molecule has 0 aliphatic rings. The van der Waals surface area contributed by atoms with E-state index in [0.29, 0.717) is 0 Å². The predicted octanol–water partition coefficient (Wildman–Crippen LogP) is 3.98. The topological polar surface area (TPSA) is 20.2 Å². The van der Waals surface area contributed by atoms with Crippen LogP contribution in [-0.4, -0.2) is 5.11 Å². The average Bonchev–Trinajstić information content (AvgIpc) is 2.41. The van der Waals surface area contributed by atoms with Crippen LogP contribution in [0.3, 0.4) is 0 Å². The molecule has 1 nitrogen and oxygen atoms in total. The Kier molecular flexibility index (Phi) is 3.85. The summed E-state index contributed by atoms with van der Waals surface area (Å²) < 4.78 is 51.6. The van der Waals surface area contributed by atoms with Crippen LogP contribution in [0.25, 0.3) is 0 Å². The van der Waals surface area contributed by atoms with E-state index in [-0.39, 0.29) is 16.7 Å². The van der Waals surface area contributed by atoms with E-state index < -0.39 is 24.2 Å². The van der Waals surface area contributed by atoms with E-state index in [1.54, 1.807) is 0 Å². The van der Waals surface area contributed by atoms with Gasteiger partial charge in [0.2, 0.25) is 0 Å². The molecule has 5 heteroatoms. The highest BCUT2D eigenvalue weighted by atomic mass is 19.3. The summed E-state index contributed by atoms with van der Waals surface area (Å²) in [5.74, 6) is -1.50. The number of aliphatic hydroxyl groups excluding tert-OH is 1. The van der Waals surface area contributed by atoms with E-state index >= 15 is 0 Å². The molecule has 1 N–H and O–H groups in total. The van der Waals surface area contributed by atoms with Crippen molar-refractivity contribution in [2.45, 2.75) is 12.5 Å². The quantitative estimate of drug-likeness (QED) is 0.836. The third kappa shape index (κ3) is 2.93. The van der Waals surface area contributed by atoms with Gasteiger partial charge in [-0.05, 0) is 29.8 Å². The standard InChI is InChI=1S/C14H10F4O/c15-10-4-5-12(16)11(7-10)13(19)8-2-1-3-9(6-8)14(17)18/h1-7,13-14,19H. The van der Waals surface area contributed by atoms with Crippen molar-refractivity contribution in [1.82, 2.24) is 0 Å². The second kappa shape index (κ2) is 5.40. The van der Waals surface area contributed by atoms with Gasteiger partial charge in [-0.2, -0.15) is 0 Å². The van der Waals surface area contributed by atoms with E-state index in [1.807, 2.05) is 0 Å². The van der Waals surface area contributed by atoms with Crippen molar-refractivity contribution in [3.8, 4) is 0 Å². The number of aliphatic hydroxyl groups is 1. The van der Waals surface area contributed by atoms with Gasteiger partial charge in [0.05, 0.1) is 0 Å². The third-order valence-electron chi connectivity index (χ3n) is 2.73.